The molecule has 10 nitrogen and oxygen atoms in total. The van der Waals surface area contributed by atoms with Gasteiger partial charge in [-0.15, -0.1) is 11.8 Å². The standard InChI is InChI=1S/C24H31N3O7S/c1-13(2)17(28)24(21(31)32)11-27-19(30)16(20(27)35-12-24)25-18(29)15(14-9-7-6-8-10-14)26-22(33)34-23(3,4)5/h6-10,13,15-16,20H,11-12H2,1-5H3,(H,25,29)(H,26,33)(H,31,32)/t15?,16?,20-,24?/m1/s1. The number of Topliss-reactive ketones (excluding diaryl/α,β-unsaturated/α-hetero) is 1. The minimum atomic E-state index is -1.68. The first-order valence-corrected chi connectivity index (χ1v) is 12.4. The fraction of sp³-hybridized carbons (Fsp3) is 0.542. The van der Waals surface area contributed by atoms with Crippen LogP contribution in [0.2, 0.25) is 0 Å². The monoisotopic (exact) mass is 505 g/mol. The second kappa shape index (κ2) is 9.88. The Kier molecular flexibility index (Phi) is 7.49. The summed E-state index contributed by atoms with van der Waals surface area (Å²) >= 11 is 1.15. The Hall–Kier alpha value is -3.08. The third-order valence-corrected chi connectivity index (χ3v) is 7.37. The van der Waals surface area contributed by atoms with Crippen molar-refractivity contribution in [2.75, 3.05) is 12.3 Å². The lowest BCUT2D eigenvalue weighted by atomic mass is 9.78. The summed E-state index contributed by atoms with van der Waals surface area (Å²) in [5, 5.41) is 14.5. The summed E-state index contributed by atoms with van der Waals surface area (Å²) in [4.78, 5) is 64.5. The van der Waals surface area contributed by atoms with Crippen LogP contribution in [0.5, 0.6) is 0 Å². The Morgan fingerprint density at radius 1 is 1.17 bits per heavy atom. The van der Waals surface area contributed by atoms with Crippen LogP contribution in [0.4, 0.5) is 4.79 Å². The van der Waals surface area contributed by atoms with Crippen LogP contribution in [0.1, 0.15) is 46.2 Å². The number of nitrogens with zero attached hydrogens (tertiary/aromatic N) is 1. The molecule has 11 heteroatoms. The van der Waals surface area contributed by atoms with Crippen molar-refractivity contribution in [1.29, 1.82) is 0 Å². The molecule has 2 aliphatic rings. The molecule has 3 amide bonds. The number of hydrogen-bond acceptors (Lipinski definition) is 7. The van der Waals surface area contributed by atoms with Crippen LogP contribution < -0.4 is 10.6 Å². The van der Waals surface area contributed by atoms with Crippen LogP contribution in [0.25, 0.3) is 0 Å². The molecule has 3 rings (SSSR count). The summed E-state index contributed by atoms with van der Waals surface area (Å²) in [7, 11) is 0. The van der Waals surface area contributed by atoms with E-state index in [-0.39, 0.29) is 12.3 Å². The molecule has 1 aromatic rings. The van der Waals surface area contributed by atoms with Crippen molar-refractivity contribution in [1.82, 2.24) is 15.5 Å². The third-order valence-electron chi connectivity index (χ3n) is 5.84. The Morgan fingerprint density at radius 3 is 2.34 bits per heavy atom. The van der Waals surface area contributed by atoms with E-state index in [4.69, 9.17) is 4.74 Å². The topological polar surface area (TPSA) is 142 Å². The number of carboxylic acids is 1. The van der Waals surface area contributed by atoms with Gasteiger partial charge in [0.15, 0.2) is 11.2 Å². The van der Waals surface area contributed by atoms with Gasteiger partial charge in [0.1, 0.15) is 23.1 Å². The summed E-state index contributed by atoms with van der Waals surface area (Å²) in [5.41, 5.74) is -1.94. The van der Waals surface area contributed by atoms with E-state index in [0.29, 0.717) is 5.56 Å². The number of nitrogens with one attached hydrogen (secondary N) is 2. The van der Waals surface area contributed by atoms with Crippen molar-refractivity contribution < 1.29 is 33.8 Å². The number of carboxylic acid groups (broad SMARTS) is 1. The maximum atomic E-state index is 13.2. The maximum absolute atomic E-state index is 13.2. The first kappa shape index (κ1) is 26.5. The molecule has 0 aromatic heterocycles. The van der Waals surface area contributed by atoms with Gasteiger partial charge in [0.25, 0.3) is 0 Å². The molecule has 0 bridgehead atoms. The molecule has 2 aliphatic heterocycles. The first-order valence-electron chi connectivity index (χ1n) is 11.3. The minimum Gasteiger partial charge on any atom is -0.480 e. The number of rotatable bonds is 7. The van der Waals surface area contributed by atoms with Crippen molar-refractivity contribution >= 4 is 41.4 Å². The molecular formula is C24H31N3O7S. The zero-order valence-corrected chi connectivity index (χ0v) is 21.2. The Bertz CT molecular complexity index is 1020. The van der Waals surface area contributed by atoms with Crippen molar-refractivity contribution in [3.05, 3.63) is 35.9 Å². The van der Waals surface area contributed by atoms with E-state index in [0.717, 1.165) is 11.8 Å². The van der Waals surface area contributed by atoms with Gasteiger partial charge in [-0.3, -0.25) is 19.2 Å². The molecule has 2 heterocycles. The highest BCUT2D eigenvalue weighted by molar-refractivity contribution is 8.00. The van der Waals surface area contributed by atoms with Gasteiger partial charge in [0, 0.05) is 18.2 Å². The van der Waals surface area contributed by atoms with Gasteiger partial charge >= 0.3 is 12.1 Å². The average Bonchev–Trinajstić information content (AvgIpc) is 2.78. The molecule has 0 radical (unpaired) electrons. The molecule has 1 aromatic carbocycles. The molecular weight excluding hydrogens is 474 g/mol. The van der Waals surface area contributed by atoms with Gasteiger partial charge in [0.05, 0.1) is 0 Å². The molecule has 3 N–H and O–H groups in total. The lowest BCUT2D eigenvalue weighted by molar-refractivity contribution is -0.163. The highest BCUT2D eigenvalue weighted by Gasteiger charge is 2.60. The van der Waals surface area contributed by atoms with Crippen LogP contribution in [0.3, 0.4) is 0 Å². The number of aliphatic carboxylic acids is 1. The van der Waals surface area contributed by atoms with Gasteiger partial charge in [-0.2, -0.15) is 0 Å². The second-order valence-electron chi connectivity index (χ2n) is 10.1. The highest BCUT2D eigenvalue weighted by Crippen LogP contribution is 2.43. The predicted octanol–water partition coefficient (Wildman–Crippen LogP) is 1.95. The molecule has 0 saturated carbocycles. The van der Waals surface area contributed by atoms with Crippen molar-refractivity contribution in [3.8, 4) is 0 Å². The number of benzene rings is 1. The maximum Gasteiger partial charge on any atom is 0.408 e. The predicted molar refractivity (Wildman–Crippen MR) is 128 cm³/mol. The summed E-state index contributed by atoms with van der Waals surface area (Å²) in [6.07, 6.45) is -0.784. The normalized spacial score (nSPS) is 24.6. The van der Waals surface area contributed by atoms with Gasteiger partial charge in [-0.1, -0.05) is 44.2 Å². The van der Waals surface area contributed by atoms with Crippen LogP contribution in [0.15, 0.2) is 30.3 Å². The quantitative estimate of drug-likeness (QED) is 0.377. The van der Waals surface area contributed by atoms with Gasteiger partial charge in [-0.25, -0.2) is 4.79 Å². The number of ether oxygens (including phenoxy) is 1. The molecule has 2 fully saturated rings. The SMILES string of the molecule is CC(C)C(=O)C1(C(=O)O)CS[C@@H]2C(NC(=O)C(NC(=O)OC(C)(C)C)c3ccccc3)C(=O)N2C1. The number of carbonyl (C=O) groups is 5. The highest BCUT2D eigenvalue weighted by atomic mass is 32.2. The van der Waals surface area contributed by atoms with Gasteiger partial charge < -0.3 is 25.4 Å². The summed E-state index contributed by atoms with van der Waals surface area (Å²) < 4.78 is 5.28. The van der Waals surface area contributed by atoms with Crippen molar-refractivity contribution in [2.24, 2.45) is 11.3 Å². The molecule has 4 atom stereocenters. The summed E-state index contributed by atoms with van der Waals surface area (Å²) in [5.74, 6) is -3.26. The number of carbonyl (C=O) groups excluding carboxylic acids is 4. The number of hydrogen-bond donors (Lipinski definition) is 3. The lowest BCUT2D eigenvalue weighted by Crippen LogP contribution is -2.75. The van der Waals surface area contributed by atoms with E-state index in [9.17, 15) is 29.1 Å². The largest absolute Gasteiger partial charge is 0.480 e. The smallest absolute Gasteiger partial charge is 0.408 e. The first-order chi connectivity index (χ1) is 16.3. The van der Waals surface area contributed by atoms with E-state index >= 15 is 0 Å². The van der Waals surface area contributed by atoms with Gasteiger partial charge in [-0.05, 0) is 26.3 Å². The molecule has 190 valence electrons. The fourth-order valence-electron chi connectivity index (χ4n) is 4.12. The number of amides is 3. The summed E-state index contributed by atoms with van der Waals surface area (Å²) in [6, 6.07) is 6.54. The molecule has 35 heavy (non-hydrogen) atoms. The van der Waals surface area contributed by atoms with Crippen LogP contribution >= 0.6 is 11.8 Å². The lowest BCUT2D eigenvalue weighted by Gasteiger charge is -2.53. The van der Waals surface area contributed by atoms with E-state index in [1.54, 1.807) is 65.0 Å². The van der Waals surface area contributed by atoms with E-state index < -0.39 is 64.1 Å². The summed E-state index contributed by atoms with van der Waals surface area (Å²) in [6.45, 7) is 8.13. The van der Waals surface area contributed by atoms with Crippen LogP contribution in [0, 0.1) is 11.3 Å². The minimum absolute atomic E-state index is 0.00155. The number of alkyl carbamates (subject to hydrolysis) is 1. The van der Waals surface area contributed by atoms with E-state index in [2.05, 4.69) is 10.6 Å². The van der Waals surface area contributed by atoms with E-state index in [1.165, 1.54) is 4.90 Å². The molecule has 3 unspecified atom stereocenters. The van der Waals surface area contributed by atoms with Gasteiger partial charge in [0.2, 0.25) is 11.8 Å². The molecule has 0 spiro atoms. The zero-order chi connectivity index (χ0) is 26.1. The number of fused-ring (bicyclic) bond motifs is 1. The average molecular weight is 506 g/mol. The van der Waals surface area contributed by atoms with Crippen molar-refractivity contribution in [3.63, 3.8) is 0 Å². The molecule has 2 saturated heterocycles. The number of thioether (sulfide) groups is 1. The molecule has 0 aliphatic carbocycles. The zero-order valence-electron chi connectivity index (χ0n) is 20.4. The third kappa shape index (κ3) is 5.44. The Morgan fingerprint density at radius 2 is 1.80 bits per heavy atom. The fourth-order valence-corrected chi connectivity index (χ4v) is 5.67. The van der Waals surface area contributed by atoms with Crippen molar-refractivity contribution in [2.45, 2.75) is 57.7 Å². The second-order valence-corrected chi connectivity index (χ2v) is 11.2. The number of ketones is 1. The number of β-lactam (4-membered cyclic amide) rings is 1. The van der Waals surface area contributed by atoms with E-state index in [1.807, 2.05) is 0 Å². The Labute approximate surface area is 208 Å². The van der Waals surface area contributed by atoms with Crippen LogP contribution in [-0.4, -0.2) is 69.0 Å². The van der Waals surface area contributed by atoms with Crippen LogP contribution in [-0.2, 0) is 23.9 Å². The Balaban J connectivity index is 1.74.